The van der Waals surface area contributed by atoms with Crippen LogP contribution in [0.15, 0.2) is 118 Å². The van der Waals surface area contributed by atoms with E-state index in [1.165, 1.54) is 12.6 Å². The normalized spacial score (nSPS) is 11.0. The Hall–Kier alpha value is -4.97. The summed E-state index contributed by atoms with van der Waals surface area (Å²) in [5.41, 5.74) is 5.26. The molecular weight excluding hydrogens is 438 g/mol. The molecule has 3 heterocycles. The van der Waals surface area contributed by atoms with Crippen LogP contribution < -0.4 is 5.32 Å². The molecule has 0 atom stereocenters. The number of benzene rings is 3. The predicted molar refractivity (Wildman–Crippen MR) is 135 cm³/mol. The van der Waals surface area contributed by atoms with Crippen LogP contribution in [-0.2, 0) is 0 Å². The molecule has 0 bridgehead atoms. The van der Waals surface area contributed by atoms with Gasteiger partial charge >= 0.3 is 0 Å². The van der Waals surface area contributed by atoms with E-state index in [9.17, 15) is 4.79 Å². The predicted octanol–water partition coefficient (Wildman–Crippen LogP) is 7.07. The summed E-state index contributed by atoms with van der Waals surface area (Å²) in [5.74, 6) is 0.799. The van der Waals surface area contributed by atoms with Crippen LogP contribution in [0.5, 0.6) is 0 Å². The standard InChI is InChI=1S/C29H19N3O3/c33-28(23-12-7-17-34-23)32-27-25-24(21-10-5-2-6-11-21)26(35-29(25)31-18-30-27)22-15-13-20(14-16-22)19-8-3-1-4-9-19/h1-18H,(H,30,31,32,33). The van der Waals surface area contributed by atoms with Crippen molar-refractivity contribution in [3.63, 3.8) is 0 Å². The highest BCUT2D eigenvalue weighted by atomic mass is 16.3. The largest absolute Gasteiger partial charge is 0.459 e. The molecule has 0 saturated carbocycles. The fourth-order valence-corrected chi connectivity index (χ4v) is 4.13. The number of carbonyl (C=O) groups is 1. The van der Waals surface area contributed by atoms with E-state index in [4.69, 9.17) is 8.83 Å². The zero-order valence-corrected chi connectivity index (χ0v) is 18.5. The molecule has 1 amide bonds. The first kappa shape index (κ1) is 20.6. The van der Waals surface area contributed by atoms with Gasteiger partial charge in [0.1, 0.15) is 17.9 Å². The van der Waals surface area contributed by atoms with Gasteiger partial charge in [0.25, 0.3) is 5.91 Å². The second kappa shape index (κ2) is 8.76. The monoisotopic (exact) mass is 457 g/mol. The number of amides is 1. The fraction of sp³-hybridized carbons (Fsp3) is 0. The van der Waals surface area contributed by atoms with E-state index in [1.54, 1.807) is 12.1 Å². The van der Waals surface area contributed by atoms with Crippen LogP contribution in [-0.4, -0.2) is 15.9 Å². The molecule has 0 aliphatic heterocycles. The number of hydrogen-bond donors (Lipinski definition) is 1. The summed E-state index contributed by atoms with van der Waals surface area (Å²) < 4.78 is 11.5. The highest BCUT2D eigenvalue weighted by Gasteiger charge is 2.23. The van der Waals surface area contributed by atoms with Crippen molar-refractivity contribution in [1.29, 1.82) is 0 Å². The number of aromatic nitrogens is 2. The molecule has 0 aliphatic rings. The number of nitrogens with one attached hydrogen (secondary N) is 1. The molecule has 6 heteroatoms. The number of hydrogen-bond acceptors (Lipinski definition) is 5. The second-order valence-electron chi connectivity index (χ2n) is 7.95. The third-order valence-corrected chi connectivity index (χ3v) is 5.78. The Labute approximate surface area is 200 Å². The zero-order chi connectivity index (χ0) is 23.6. The zero-order valence-electron chi connectivity index (χ0n) is 18.5. The third kappa shape index (κ3) is 3.87. The lowest BCUT2D eigenvalue weighted by Gasteiger charge is -2.08. The van der Waals surface area contributed by atoms with Gasteiger partial charge in [-0.15, -0.1) is 0 Å². The van der Waals surface area contributed by atoms with Gasteiger partial charge in [0.15, 0.2) is 5.76 Å². The highest BCUT2D eigenvalue weighted by Crippen LogP contribution is 2.42. The Bertz CT molecular complexity index is 1610. The Morgan fingerprint density at radius 3 is 2.03 bits per heavy atom. The maximum atomic E-state index is 12.7. The number of fused-ring (bicyclic) bond motifs is 1. The van der Waals surface area contributed by atoms with Crippen LogP contribution in [0.4, 0.5) is 5.82 Å². The molecule has 6 nitrogen and oxygen atoms in total. The average molecular weight is 457 g/mol. The molecule has 0 fully saturated rings. The molecule has 168 valence electrons. The summed E-state index contributed by atoms with van der Waals surface area (Å²) in [5, 5.41) is 3.47. The van der Waals surface area contributed by atoms with Gasteiger partial charge < -0.3 is 14.2 Å². The minimum absolute atomic E-state index is 0.193. The summed E-state index contributed by atoms with van der Waals surface area (Å²) in [6.07, 6.45) is 2.83. The van der Waals surface area contributed by atoms with E-state index in [-0.39, 0.29) is 5.76 Å². The maximum Gasteiger partial charge on any atom is 0.292 e. The van der Waals surface area contributed by atoms with Gasteiger partial charge in [-0.2, -0.15) is 0 Å². The molecule has 0 radical (unpaired) electrons. The number of carbonyl (C=O) groups excluding carboxylic acids is 1. The van der Waals surface area contributed by atoms with Gasteiger partial charge in [-0.1, -0.05) is 84.9 Å². The Balaban J connectivity index is 1.50. The van der Waals surface area contributed by atoms with Crippen molar-refractivity contribution in [3.8, 4) is 33.6 Å². The van der Waals surface area contributed by atoms with Crippen LogP contribution in [0, 0.1) is 0 Å². The van der Waals surface area contributed by atoms with Crippen LogP contribution in [0.3, 0.4) is 0 Å². The van der Waals surface area contributed by atoms with Gasteiger partial charge in [-0.25, -0.2) is 9.97 Å². The van der Waals surface area contributed by atoms with Gasteiger partial charge in [0.05, 0.1) is 11.6 Å². The second-order valence-corrected chi connectivity index (χ2v) is 7.95. The van der Waals surface area contributed by atoms with Gasteiger partial charge in [0, 0.05) is 11.1 Å². The van der Waals surface area contributed by atoms with E-state index in [0.717, 1.165) is 27.8 Å². The molecule has 3 aromatic carbocycles. The molecule has 0 unspecified atom stereocenters. The molecule has 0 spiro atoms. The Morgan fingerprint density at radius 1 is 0.686 bits per heavy atom. The molecule has 6 aromatic rings. The lowest BCUT2D eigenvalue weighted by Crippen LogP contribution is -2.12. The van der Waals surface area contributed by atoms with Crippen molar-refractivity contribution in [1.82, 2.24) is 9.97 Å². The number of rotatable bonds is 5. The maximum absolute atomic E-state index is 12.7. The van der Waals surface area contributed by atoms with Crippen molar-refractivity contribution >= 4 is 22.8 Å². The van der Waals surface area contributed by atoms with Gasteiger partial charge in [0.2, 0.25) is 5.71 Å². The fourth-order valence-electron chi connectivity index (χ4n) is 4.13. The molecule has 0 saturated heterocycles. The first-order chi connectivity index (χ1) is 17.3. The molecule has 35 heavy (non-hydrogen) atoms. The van der Waals surface area contributed by atoms with E-state index < -0.39 is 5.91 Å². The quantitative estimate of drug-likeness (QED) is 0.299. The summed E-state index contributed by atoms with van der Waals surface area (Å²) >= 11 is 0. The van der Waals surface area contributed by atoms with E-state index in [2.05, 4.69) is 39.6 Å². The Kier molecular flexibility index (Phi) is 5.16. The number of furan rings is 2. The first-order valence-electron chi connectivity index (χ1n) is 11.1. The topological polar surface area (TPSA) is 81.2 Å². The average Bonchev–Trinajstić information content (AvgIpc) is 3.59. The molecule has 3 aromatic heterocycles. The third-order valence-electron chi connectivity index (χ3n) is 5.78. The van der Waals surface area contributed by atoms with Crippen molar-refractivity contribution in [2.75, 3.05) is 5.32 Å². The van der Waals surface area contributed by atoms with Crippen molar-refractivity contribution in [2.45, 2.75) is 0 Å². The van der Waals surface area contributed by atoms with Gasteiger partial charge in [-0.05, 0) is 28.8 Å². The molecule has 0 aliphatic carbocycles. The van der Waals surface area contributed by atoms with Gasteiger partial charge in [-0.3, -0.25) is 4.79 Å². The van der Waals surface area contributed by atoms with Crippen molar-refractivity contribution in [2.24, 2.45) is 0 Å². The van der Waals surface area contributed by atoms with Crippen LogP contribution in [0.2, 0.25) is 0 Å². The summed E-state index contributed by atoms with van der Waals surface area (Å²) in [6.45, 7) is 0. The van der Waals surface area contributed by atoms with Crippen LogP contribution >= 0.6 is 0 Å². The van der Waals surface area contributed by atoms with E-state index in [0.29, 0.717) is 22.7 Å². The molecule has 1 N–H and O–H groups in total. The summed E-state index contributed by atoms with van der Waals surface area (Å²) in [7, 11) is 0. The lowest BCUT2D eigenvalue weighted by molar-refractivity contribution is 0.0996. The van der Waals surface area contributed by atoms with E-state index in [1.807, 2.05) is 60.7 Å². The lowest BCUT2D eigenvalue weighted by atomic mass is 9.97. The Morgan fingerprint density at radius 2 is 1.34 bits per heavy atom. The van der Waals surface area contributed by atoms with Crippen molar-refractivity contribution < 1.29 is 13.6 Å². The minimum Gasteiger partial charge on any atom is -0.459 e. The number of nitrogens with zero attached hydrogens (tertiary/aromatic N) is 2. The summed E-state index contributed by atoms with van der Waals surface area (Å²) in [6, 6.07) is 31.5. The van der Waals surface area contributed by atoms with E-state index >= 15 is 0 Å². The summed E-state index contributed by atoms with van der Waals surface area (Å²) in [4.78, 5) is 21.4. The molecule has 6 rings (SSSR count). The first-order valence-corrected chi connectivity index (χ1v) is 11.1. The number of anilines is 1. The highest BCUT2D eigenvalue weighted by molar-refractivity contribution is 6.11. The molecular formula is C29H19N3O3. The smallest absolute Gasteiger partial charge is 0.292 e. The van der Waals surface area contributed by atoms with Crippen molar-refractivity contribution in [3.05, 3.63) is 115 Å². The SMILES string of the molecule is O=C(Nc1ncnc2oc(-c3ccc(-c4ccccc4)cc3)c(-c3ccccc3)c12)c1ccco1. The minimum atomic E-state index is -0.399. The van der Waals surface area contributed by atoms with Crippen LogP contribution in [0.1, 0.15) is 10.6 Å². The van der Waals surface area contributed by atoms with Crippen LogP contribution in [0.25, 0.3) is 44.7 Å².